The van der Waals surface area contributed by atoms with Crippen LogP contribution in [0, 0.1) is 0 Å². The van der Waals surface area contributed by atoms with E-state index in [0.29, 0.717) is 33.6 Å². The number of esters is 1. The summed E-state index contributed by atoms with van der Waals surface area (Å²) in [5, 5.41) is 0. The molecule has 0 saturated carbocycles. The van der Waals surface area contributed by atoms with Crippen LogP contribution in [-0.4, -0.2) is 39.8 Å². The smallest absolute Gasteiger partial charge is 0.338 e. The molecule has 1 aliphatic rings. The monoisotopic (exact) mass is 433 g/mol. The number of nitrogens with zero attached hydrogens (tertiary/aromatic N) is 1. The SMILES string of the molecule is COC(=O)c1cccc2c1CCCN2C(=O)c1cc(OC)c(Br)c(OC)c1. The number of benzene rings is 2. The van der Waals surface area contributed by atoms with E-state index in [-0.39, 0.29) is 5.91 Å². The first-order valence-corrected chi connectivity index (χ1v) is 9.24. The molecule has 0 aliphatic carbocycles. The number of carbonyl (C=O) groups is 2. The number of halogens is 1. The Bertz CT molecular complexity index is 871. The highest BCUT2D eigenvalue weighted by Gasteiger charge is 2.28. The molecule has 1 aliphatic heterocycles. The number of methoxy groups -OCH3 is 3. The molecule has 0 aromatic heterocycles. The van der Waals surface area contributed by atoms with E-state index in [2.05, 4.69) is 15.9 Å². The van der Waals surface area contributed by atoms with E-state index >= 15 is 0 Å². The Balaban J connectivity index is 2.05. The minimum Gasteiger partial charge on any atom is -0.495 e. The molecular weight excluding hydrogens is 414 g/mol. The largest absolute Gasteiger partial charge is 0.495 e. The van der Waals surface area contributed by atoms with Gasteiger partial charge in [-0.25, -0.2) is 4.79 Å². The van der Waals surface area contributed by atoms with Gasteiger partial charge in [-0.2, -0.15) is 0 Å². The summed E-state index contributed by atoms with van der Waals surface area (Å²) in [4.78, 5) is 27.0. The van der Waals surface area contributed by atoms with Crippen LogP contribution in [-0.2, 0) is 11.2 Å². The van der Waals surface area contributed by atoms with E-state index in [0.717, 1.165) is 24.1 Å². The molecule has 0 spiro atoms. The zero-order chi connectivity index (χ0) is 19.6. The third-order valence-electron chi connectivity index (χ3n) is 4.59. The highest BCUT2D eigenvalue weighted by molar-refractivity contribution is 9.10. The zero-order valence-electron chi connectivity index (χ0n) is 15.4. The van der Waals surface area contributed by atoms with E-state index < -0.39 is 5.97 Å². The third kappa shape index (κ3) is 3.51. The van der Waals surface area contributed by atoms with Crippen molar-refractivity contribution >= 4 is 33.5 Å². The first-order valence-electron chi connectivity index (χ1n) is 8.45. The summed E-state index contributed by atoms with van der Waals surface area (Å²) in [6.07, 6.45) is 1.48. The molecule has 3 rings (SSSR count). The average molecular weight is 434 g/mol. The lowest BCUT2D eigenvalue weighted by Gasteiger charge is -2.30. The maximum absolute atomic E-state index is 13.2. The molecule has 0 fully saturated rings. The summed E-state index contributed by atoms with van der Waals surface area (Å²) < 4.78 is 16.2. The molecule has 27 heavy (non-hydrogen) atoms. The van der Waals surface area contributed by atoms with Crippen LogP contribution in [0.15, 0.2) is 34.8 Å². The summed E-state index contributed by atoms with van der Waals surface area (Å²) in [5.41, 5.74) is 2.51. The number of amides is 1. The maximum Gasteiger partial charge on any atom is 0.338 e. The fraction of sp³-hybridized carbons (Fsp3) is 0.300. The highest BCUT2D eigenvalue weighted by atomic mass is 79.9. The Morgan fingerprint density at radius 2 is 1.74 bits per heavy atom. The fourth-order valence-corrected chi connectivity index (χ4v) is 3.84. The van der Waals surface area contributed by atoms with Crippen LogP contribution in [0.25, 0.3) is 0 Å². The second-order valence-electron chi connectivity index (χ2n) is 6.05. The molecule has 2 aromatic rings. The Labute approximate surface area is 166 Å². The van der Waals surface area contributed by atoms with Crippen molar-refractivity contribution < 1.29 is 23.8 Å². The second kappa shape index (κ2) is 8.00. The van der Waals surface area contributed by atoms with Gasteiger partial charge in [0.1, 0.15) is 16.0 Å². The van der Waals surface area contributed by atoms with Gasteiger partial charge in [0.15, 0.2) is 0 Å². The molecule has 142 valence electrons. The van der Waals surface area contributed by atoms with E-state index in [1.165, 1.54) is 21.3 Å². The van der Waals surface area contributed by atoms with Gasteiger partial charge in [0.2, 0.25) is 0 Å². The quantitative estimate of drug-likeness (QED) is 0.685. The number of carbonyl (C=O) groups excluding carboxylic acids is 2. The second-order valence-corrected chi connectivity index (χ2v) is 6.84. The lowest BCUT2D eigenvalue weighted by atomic mass is 9.95. The van der Waals surface area contributed by atoms with Crippen LogP contribution >= 0.6 is 15.9 Å². The van der Waals surface area contributed by atoms with Gasteiger partial charge in [0.25, 0.3) is 5.91 Å². The predicted molar refractivity (Wildman–Crippen MR) is 105 cm³/mol. The van der Waals surface area contributed by atoms with E-state index in [9.17, 15) is 9.59 Å². The Morgan fingerprint density at radius 3 is 2.33 bits per heavy atom. The van der Waals surface area contributed by atoms with E-state index in [1.54, 1.807) is 29.2 Å². The standard InChI is InChI=1S/C20H20BrNO5/c1-25-16-10-12(11-17(26-2)18(16)21)19(23)22-9-5-7-13-14(20(24)27-3)6-4-8-15(13)22/h4,6,8,10-11H,5,7,9H2,1-3H3. The van der Waals surface area contributed by atoms with Crippen LogP contribution in [0.3, 0.4) is 0 Å². The number of hydrogen-bond acceptors (Lipinski definition) is 5. The van der Waals surface area contributed by atoms with Crippen molar-refractivity contribution in [2.45, 2.75) is 12.8 Å². The van der Waals surface area contributed by atoms with Crippen molar-refractivity contribution in [2.24, 2.45) is 0 Å². The van der Waals surface area contributed by atoms with Crippen molar-refractivity contribution in [3.63, 3.8) is 0 Å². The van der Waals surface area contributed by atoms with Gasteiger partial charge in [0.05, 0.1) is 26.9 Å². The van der Waals surface area contributed by atoms with Crippen LogP contribution < -0.4 is 14.4 Å². The van der Waals surface area contributed by atoms with Crippen molar-refractivity contribution in [2.75, 3.05) is 32.8 Å². The molecule has 0 saturated heterocycles. The Kier molecular flexibility index (Phi) is 5.70. The minimum absolute atomic E-state index is 0.179. The van der Waals surface area contributed by atoms with Crippen LogP contribution in [0.1, 0.15) is 32.7 Å². The number of anilines is 1. The van der Waals surface area contributed by atoms with Crippen molar-refractivity contribution in [3.8, 4) is 11.5 Å². The summed E-state index contributed by atoms with van der Waals surface area (Å²) in [6, 6.07) is 8.69. The molecule has 2 aromatic carbocycles. The van der Waals surface area contributed by atoms with Gasteiger partial charge in [-0.05, 0) is 58.6 Å². The number of rotatable bonds is 4. The van der Waals surface area contributed by atoms with Gasteiger partial charge in [-0.15, -0.1) is 0 Å². The lowest BCUT2D eigenvalue weighted by Crippen LogP contribution is -2.36. The van der Waals surface area contributed by atoms with Gasteiger partial charge < -0.3 is 19.1 Å². The molecule has 0 unspecified atom stereocenters. The lowest BCUT2D eigenvalue weighted by molar-refractivity contribution is 0.0599. The van der Waals surface area contributed by atoms with Crippen LogP contribution in [0.4, 0.5) is 5.69 Å². The number of hydrogen-bond donors (Lipinski definition) is 0. The van der Waals surface area contributed by atoms with Gasteiger partial charge in [-0.1, -0.05) is 6.07 Å². The predicted octanol–water partition coefficient (Wildman–Crippen LogP) is 3.85. The first kappa shape index (κ1) is 19.2. The molecule has 7 heteroatoms. The first-order chi connectivity index (χ1) is 13.0. The minimum atomic E-state index is -0.395. The molecule has 1 heterocycles. The van der Waals surface area contributed by atoms with Crippen molar-refractivity contribution in [3.05, 3.63) is 51.5 Å². The molecule has 0 bridgehead atoms. The third-order valence-corrected chi connectivity index (χ3v) is 5.38. The average Bonchev–Trinajstić information content (AvgIpc) is 2.71. The Hall–Kier alpha value is -2.54. The van der Waals surface area contributed by atoms with E-state index in [4.69, 9.17) is 14.2 Å². The van der Waals surface area contributed by atoms with E-state index in [1.807, 2.05) is 6.07 Å². The van der Waals surface area contributed by atoms with Crippen molar-refractivity contribution in [1.82, 2.24) is 0 Å². The van der Waals surface area contributed by atoms with Crippen molar-refractivity contribution in [1.29, 1.82) is 0 Å². The summed E-state index contributed by atoms with van der Waals surface area (Å²) in [6.45, 7) is 0.567. The highest BCUT2D eigenvalue weighted by Crippen LogP contribution is 2.37. The normalized spacial score (nSPS) is 13.0. The molecule has 6 nitrogen and oxygen atoms in total. The van der Waals surface area contributed by atoms with Gasteiger partial charge >= 0.3 is 5.97 Å². The fourth-order valence-electron chi connectivity index (χ4n) is 3.29. The van der Waals surface area contributed by atoms with Crippen LogP contribution in [0.2, 0.25) is 0 Å². The summed E-state index contributed by atoms with van der Waals surface area (Å²) in [7, 11) is 4.42. The van der Waals surface area contributed by atoms with Gasteiger partial charge in [0, 0.05) is 17.8 Å². The van der Waals surface area contributed by atoms with Gasteiger partial charge in [-0.3, -0.25) is 4.79 Å². The maximum atomic E-state index is 13.2. The Morgan fingerprint density at radius 1 is 1.07 bits per heavy atom. The number of fused-ring (bicyclic) bond motifs is 1. The molecule has 0 radical (unpaired) electrons. The summed E-state index contributed by atoms with van der Waals surface area (Å²) in [5.74, 6) is 0.451. The molecule has 1 amide bonds. The summed E-state index contributed by atoms with van der Waals surface area (Å²) >= 11 is 3.41. The molecular formula is C20H20BrNO5. The number of ether oxygens (including phenoxy) is 3. The van der Waals surface area contributed by atoms with Crippen LogP contribution in [0.5, 0.6) is 11.5 Å². The molecule has 0 N–H and O–H groups in total. The topological polar surface area (TPSA) is 65.1 Å². The zero-order valence-corrected chi connectivity index (χ0v) is 17.0. The molecule has 0 atom stereocenters.